The minimum absolute atomic E-state index is 0.0469. The number of para-hydroxylation sites is 1. The van der Waals surface area contributed by atoms with E-state index in [9.17, 15) is 4.79 Å². The van der Waals surface area contributed by atoms with Crippen molar-refractivity contribution in [1.82, 2.24) is 10.6 Å². The SMILES string of the molecule is O=C1NCC2(CNC2)Oc2ccccc21. The fourth-order valence-corrected chi connectivity index (χ4v) is 1.95. The molecule has 15 heavy (non-hydrogen) atoms. The number of hydrogen-bond donors (Lipinski definition) is 2. The molecule has 2 aliphatic heterocycles. The van der Waals surface area contributed by atoms with Gasteiger partial charge in [-0.2, -0.15) is 0 Å². The third-order valence-electron chi connectivity index (χ3n) is 2.92. The van der Waals surface area contributed by atoms with Gasteiger partial charge in [0.15, 0.2) is 5.60 Å². The summed E-state index contributed by atoms with van der Waals surface area (Å²) in [5, 5.41) is 6.06. The number of carbonyl (C=O) groups excluding carboxylic acids is 1. The van der Waals surface area contributed by atoms with Gasteiger partial charge in [-0.05, 0) is 12.1 Å². The third-order valence-corrected chi connectivity index (χ3v) is 2.92. The molecule has 0 bridgehead atoms. The van der Waals surface area contributed by atoms with Crippen LogP contribution in [0, 0.1) is 0 Å². The summed E-state index contributed by atoms with van der Waals surface area (Å²) in [6.07, 6.45) is 0. The van der Waals surface area contributed by atoms with E-state index in [1.165, 1.54) is 0 Å². The molecule has 0 radical (unpaired) electrons. The second-order valence-corrected chi connectivity index (χ2v) is 4.07. The Bertz CT molecular complexity index is 413. The summed E-state index contributed by atoms with van der Waals surface area (Å²) in [5.41, 5.74) is 0.392. The van der Waals surface area contributed by atoms with Crippen molar-refractivity contribution in [3.63, 3.8) is 0 Å². The minimum atomic E-state index is -0.234. The van der Waals surface area contributed by atoms with Gasteiger partial charge < -0.3 is 15.4 Å². The number of nitrogens with one attached hydrogen (secondary N) is 2. The fraction of sp³-hybridized carbons (Fsp3) is 0.364. The van der Waals surface area contributed by atoms with E-state index in [2.05, 4.69) is 10.6 Å². The van der Waals surface area contributed by atoms with Gasteiger partial charge in [-0.15, -0.1) is 0 Å². The number of amides is 1. The minimum Gasteiger partial charge on any atom is -0.482 e. The lowest BCUT2D eigenvalue weighted by Gasteiger charge is -2.41. The van der Waals surface area contributed by atoms with E-state index >= 15 is 0 Å². The molecule has 78 valence electrons. The molecule has 3 rings (SSSR count). The zero-order valence-electron chi connectivity index (χ0n) is 8.25. The Morgan fingerprint density at radius 1 is 1.20 bits per heavy atom. The molecule has 0 unspecified atom stereocenters. The van der Waals surface area contributed by atoms with E-state index in [1.807, 2.05) is 18.2 Å². The highest BCUT2D eigenvalue weighted by molar-refractivity contribution is 5.97. The maximum atomic E-state index is 11.7. The second-order valence-electron chi connectivity index (χ2n) is 4.07. The van der Waals surface area contributed by atoms with E-state index in [0.717, 1.165) is 13.1 Å². The molecule has 1 spiro atoms. The van der Waals surface area contributed by atoms with Crippen molar-refractivity contribution in [3.05, 3.63) is 29.8 Å². The summed E-state index contributed by atoms with van der Waals surface area (Å²) in [6.45, 7) is 2.16. The zero-order chi connectivity index (χ0) is 10.3. The molecule has 1 saturated heterocycles. The van der Waals surface area contributed by atoms with Crippen LogP contribution in [0.3, 0.4) is 0 Å². The monoisotopic (exact) mass is 204 g/mol. The summed E-state index contributed by atoms with van der Waals surface area (Å²) in [7, 11) is 0. The average Bonchev–Trinajstić information content (AvgIpc) is 2.36. The van der Waals surface area contributed by atoms with Crippen LogP contribution >= 0.6 is 0 Å². The standard InChI is InChI=1S/C11H12N2O2/c14-10-8-3-1-2-4-9(8)15-11(7-13-10)5-12-6-11/h1-4,12H,5-7H2,(H,13,14). The normalized spacial score (nSPS) is 22.0. The van der Waals surface area contributed by atoms with Crippen LogP contribution in [0.2, 0.25) is 0 Å². The number of hydrogen-bond acceptors (Lipinski definition) is 3. The van der Waals surface area contributed by atoms with Crippen molar-refractivity contribution in [2.75, 3.05) is 19.6 Å². The van der Waals surface area contributed by atoms with Crippen LogP contribution in [-0.2, 0) is 0 Å². The summed E-state index contributed by atoms with van der Waals surface area (Å²) in [6, 6.07) is 7.37. The Kier molecular flexibility index (Phi) is 1.73. The topological polar surface area (TPSA) is 50.4 Å². The van der Waals surface area contributed by atoms with Gasteiger partial charge in [-0.1, -0.05) is 12.1 Å². The summed E-state index contributed by atoms with van der Waals surface area (Å²) in [4.78, 5) is 11.7. The highest BCUT2D eigenvalue weighted by atomic mass is 16.5. The Hall–Kier alpha value is -1.55. The van der Waals surface area contributed by atoms with Crippen molar-refractivity contribution >= 4 is 5.91 Å². The predicted octanol–water partition coefficient (Wildman–Crippen LogP) is 0.151. The van der Waals surface area contributed by atoms with Gasteiger partial charge in [0, 0.05) is 13.1 Å². The van der Waals surface area contributed by atoms with Crippen LogP contribution in [0.5, 0.6) is 5.75 Å². The van der Waals surface area contributed by atoms with Crippen LogP contribution in [0.4, 0.5) is 0 Å². The molecule has 0 atom stereocenters. The summed E-state index contributed by atoms with van der Waals surface area (Å²) in [5.74, 6) is 0.642. The Morgan fingerprint density at radius 3 is 2.73 bits per heavy atom. The van der Waals surface area contributed by atoms with Crippen LogP contribution in [0.15, 0.2) is 24.3 Å². The van der Waals surface area contributed by atoms with Crippen molar-refractivity contribution < 1.29 is 9.53 Å². The maximum Gasteiger partial charge on any atom is 0.255 e. The molecule has 0 saturated carbocycles. The molecular formula is C11H12N2O2. The molecular weight excluding hydrogens is 192 g/mol. The van der Waals surface area contributed by atoms with Crippen LogP contribution in [0.25, 0.3) is 0 Å². The highest BCUT2D eigenvalue weighted by Gasteiger charge is 2.42. The Morgan fingerprint density at radius 2 is 2.00 bits per heavy atom. The maximum absolute atomic E-state index is 11.7. The molecule has 2 heterocycles. The van der Waals surface area contributed by atoms with Gasteiger partial charge in [0.25, 0.3) is 5.91 Å². The van der Waals surface area contributed by atoms with Gasteiger partial charge in [-0.25, -0.2) is 0 Å². The van der Waals surface area contributed by atoms with Gasteiger partial charge in [0.1, 0.15) is 5.75 Å². The molecule has 2 N–H and O–H groups in total. The third kappa shape index (κ3) is 1.29. The largest absolute Gasteiger partial charge is 0.482 e. The van der Waals surface area contributed by atoms with Gasteiger partial charge in [0.2, 0.25) is 0 Å². The number of rotatable bonds is 0. The van der Waals surface area contributed by atoms with Crippen molar-refractivity contribution in [1.29, 1.82) is 0 Å². The van der Waals surface area contributed by atoms with E-state index in [-0.39, 0.29) is 11.5 Å². The lowest BCUT2D eigenvalue weighted by atomic mass is 9.97. The first kappa shape index (κ1) is 8.73. The average molecular weight is 204 g/mol. The predicted molar refractivity (Wildman–Crippen MR) is 55.0 cm³/mol. The zero-order valence-corrected chi connectivity index (χ0v) is 8.25. The molecule has 4 heteroatoms. The molecule has 0 aromatic heterocycles. The van der Waals surface area contributed by atoms with E-state index in [1.54, 1.807) is 6.07 Å². The second kappa shape index (κ2) is 2.97. The first-order chi connectivity index (χ1) is 7.29. The van der Waals surface area contributed by atoms with E-state index in [0.29, 0.717) is 17.9 Å². The van der Waals surface area contributed by atoms with Gasteiger partial charge in [0.05, 0.1) is 12.1 Å². The summed E-state index contributed by atoms with van der Waals surface area (Å²) < 4.78 is 5.90. The first-order valence-electron chi connectivity index (χ1n) is 5.06. The van der Waals surface area contributed by atoms with E-state index < -0.39 is 0 Å². The molecule has 0 aliphatic carbocycles. The molecule has 1 aromatic carbocycles. The number of benzene rings is 1. The van der Waals surface area contributed by atoms with Crippen molar-refractivity contribution in [2.24, 2.45) is 0 Å². The smallest absolute Gasteiger partial charge is 0.255 e. The lowest BCUT2D eigenvalue weighted by Crippen LogP contribution is -2.67. The Balaban J connectivity index is 2.02. The number of ether oxygens (including phenoxy) is 1. The number of fused-ring (bicyclic) bond motifs is 1. The first-order valence-corrected chi connectivity index (χ1v) is 5.06. The van der Waals surface area contributed by atoms with Crippen molar-refractivity contribution in [2.45, 2.75) is 5.60 Å². The quantitative estimate of drug-likeness (QED) is 0.632. The highest BCUT2D eigenvalue weighted by Crippen LogP contribution is 2.27. The van der Waals surface area contributed by atoms with Crippen LogP contribution in [0.1, 0.15) is 10.4 Å². The molecule has 1 amide bonds. The fourth-order valence-electron chi connectivity index (χ4n) is 1.95. The van der Waals surface area contributed by atoms with Crippen LogP contribution < -0.4 is 15.4 Å². The molecule has 1 aromatic rings. The molecule has 2 aliphatic rings. The van der Waals surface area contributed by atoms with Gasteiger partial charge >= 0.3 is 0 Å². The Labute approximate surface area is 87.6 Å². The van der Waals surface area contributed by atoms with Crippen LogP contribution in [-0.4, -0.2) is 31.1 Å². The van der Waals surface area contributed by atoms with Crippen molar-refractivity contribution in [3.8, 4) is 5.75 Å². The molecule has 4 nitrogen and oxygen atoms in total. The number of carbonyl (C=O) groups is 1. The van der Waals surface area contributed by atoms with E-state index in [4.69, 9.17) is 4.74 Å². The molecule has 1 fully saturated rings. The van der Waals surface area contributed by atoms with Gasteiger partial charge in [-0.3, -0.25) is 4.79 Å². The summed E-state index contributed by atoms with van der Waals surface area (Å²) >= 11 is 0. The lowest BCUT2D eigenvalue weighted by molar-refractivity contribution is 0.0217.